The molecule has 6 heteroatoms. The molecule has 0 radical (unpaired) electrons. The van der Waals surface area contributed by atoms with Crippen molar-refractivity contribution in [1.29, 1.82) is 0 Å². The molecule has 0 aliphatic heterocycles. The second-order valence-electron chi connectivity index (χ2n) is 3.44. The van der Waals surface area contributed by atoms with E-state index >= 15 is 0 Å². The summed E-state index contributed by atoms with van der Waals surface area (Å²) in [4.78, 5) is 22.0. The molecule has 5 nitrogen and oxygen atoms in total. The zero-order valence-corrected chi connectivity index (χ0v) is 9.14. The van der Waals surface area contributed by atoms with Crippen LogP contribution in [0.15, 0.2) is 18.2 Å². The molecule has 1 aromatic rings. The van der Waals surface area contributed by atoms with Gasteiger partial charge in [0.25, 0.3) is 0 Å². The number of halogens is 1. The summed E-state index contributed by atoms with van der Waals surface area (Å²) >= 11 is 0. The van der Waals surface area contributed by atoms with Gasteiger partial charge in [0.15, 0.2) is 0 Å². The van der Waals surface area contributed by atoms with Gasteiger partial charge < -0.3 is 15.6 Å². The van der Waals surface area contributed by atoms with E-state index in [9.17, 15) is 14.0 Å². The third kappa shape index (κ3) is 3.25. The third-order valence-corrected chi connectivity index (χ3v) is 2.24. The Bertz CT molecular complexity index is 447. The topological polar surface area (TPSA) is 89.6 Å². The highest BCUT2D eigenvalue weighted by Crippen LogP contribution is 2.13. The van der Waals surface area contributed by atoms with Crippen molar-refractivity contribution >= 4 is 11.9 Å². The smallest absolute Gasteiger partial charge is 0.335 e. The van der Waals surface area contributed by atoms with Crippen LogP contribution in [0.25, 0.3) is 0 Å². The number of ether oxygens (including phenoxy) is 1. The van der Waals surface area contributed by atoms with Crippen molar-refractivity contribution in [1.82, 2.24) is 0 Å². The Morgan fingerprint density at radius 3 is 2.71 bits per heavy atom. The van der Waals surface area contributed by atoms with E-state index in [1.165, 1.54) is 7.11 Å². The summed E-state index contributed by atoms with van der Waals surface area (Å²) < 4.78 is 17.4. The lowest BCUT2D eigenvalue weighted by molar-refractivity contribution is -0.142. The molecule has 0 unspecified atom stereocenters. The van der Waals surface area contributed by atoms with Crippen LogP contribution in [0.1, 0.15) is 15.9 Å². The molecule has 1 rings (SSSR count). The Labute approximate surface area is 97.0 Å². The third-order valence-electron chi connectivity index (χ3n) is 2.24. The summed E-state index contributed by atoms with van der Waals surface area (Å²) in [6, 6.07) is 2.21. The monoisotopic (exact) mass is 241 g/mol. The minimum absolute atomic E-state index is 0.0780. The summed E-state index contributed by atoms with van der Waals surface area (Å²) in [6.07, 6.45) is -0.0912. The number of hydrogen-bond acceptors (Lipinski definition) is 4. The van der Waals surface area contributed by atoms with Gasteiger partial charge in [-0.2, -0.15) is 0 Å². The highest BCUT2D eigenvalue weighted by Gasteiger charge is 2.19. The Kier molecular flexibility index (Phi) is 4.17. The SMILES string of the molecule is COC(=O)[C@H](N)Cc1cc(F)ccc1C(=O)O. The van der Waals surface area contributed by atoms with Crippen LogP contribution in [-0.4, -0.2) is 30.2 Å². The number of rotatable bonds is 4. The molecule has 92 valence electrons. The Balaban J connectivity index is 3.00. The summed E-state index contributed by atoms with van der Waals surface area (Å²) in [5.41, 5.74) is 5.57. The molecule has 0 saturated carbocycles. The van der Waals surface area contributed by atoms with Crippen LogP contribution in [0.2, 0.25) is 0 Å². The average molecular weight is 241 g/mol. The lowest BCUT2D eigenvalue weighted by atomic mass is 10.0. The minimum Gasteiger partial charge on any atom is -0.478 e. The number of methoxy groups -OCH3 is 1. The molecule has 17 heavy (non-hydrogen) atoms. The number of carbonyl (C=O) groups excluding carboxylic acids is 1. The quantitative estimate of drug-likeness (QED) is 0.752. The summed E-state index contributed by atoms with van der Waals surface area (Å²) in [5.74, 6) is -2.45. The first-order chi connectivity index (χ1) is 7.95. The summed E-state index contributed by atoms with van der Waals surface area (Å²) in [6.45, 7) is 0. The van der Waals surface area contributed by atoms with Crippen LogP contribution in [0.3, 0.4) is 0 Å². The van der Waals surface area contributed by atoms with Gasteiger partial charge in [-0.3, -0.25) is 4.79 Å². The molecule has 0 saturated heterocycles. The number of carbonyl (C=O) groups is 2. The molecule has 0 spiro atoms. The number of esters is 1. The average Bonchev–Trinajstić information content (AvgIpc) is 2.27. The van der Waals surface area contributed by atoms with Crippen LogP contribution in [-0.2, 0) is 16.0 Å². The zero-order valence-electron chi connectivity index (χ0n) is 9.14. The first-order valence-corrected chi connectivity index (χ1v) is 4.81. The first kappa shape index (κ1) is 13.1. The molecule has 0 aliphatic rings. The largest absolute Gasteiger partial charge is 0.478 e. The number of aromatic carboxylic acids is 1. The molecule has 0 fully saturated rings. The number of hydrogen-bond donors (Lipinski definition) is 2. The van der Waals surface area contributed by atoms with Crippen LogP contribution < -0.4 is 5.73 Å². The van der Waals surface area contributed by atoms with E-state index in [0.717, 1.165) is 18.2 Å². The van der Waals surface area contributed by atoms with Gasteiger partial charge in [0.05, 0.1) is 12.7 Å². The van der Waals surface area contributed by atoms with Gasteiger partial charge in [0.1, 0.15) is 11.9 Å². The molecular formula is C11H12FNO4. The van der Waals surface area contributed by atoms with E-state index in [1.807, 2.05) is 0 Å². The lowest BCUT2D eigenvalue weighted by Gasteiger charge is -2.11. The van der Waals surface area contributed by atoms with Crippen molar-refractivity contribution < 1.29 is 23.8 Å². The van der Waals surface area contributed by atoms with E-state index in [-0.39, 0.29) is 17.5 Å². The lowest BCUT2D eigenvalue weighted by Crippen LogP contribution is -2.34. The molecule has 0 amide bonds. The number of nitrogens with two attached hydrogens (primary N) is 1. The Morgan fingerprint density at radius 2 is 2.18 bits per heavy atom. The molecule has 1 aromatic carbocycles. The van der Waals surface area contributed by atoms with E-state index in [1.54, 1.807) is 0 Å². The second-order valence-corrected chi connectivity index (χ2v) is 3.44. The standard InChI is InChI=1S/C11H12FNO4/c1-17-11(16)9(13)5-6-4-7(12)2-3-8(6)10(14)15/h2-4,9H,5,13H2,1H3,(H,14,15)/t9-/m1/s1. The number of carboxylic acid groups (broad SMARTS) is 1. The number of benzene rings is 1. The van der Waals surface area contributed by atoms with Crippen molar-refractivity contribution in [3.8, 4) is 0 Å². The molecular weight excluding hydrogens is 229 g/mol. The van der Waals surface area contributed by atoms with Gasteiger partial charge >= 0.3 is 11.9 Å². The molecule has 3 N–H and O–H groups in total. The van der Waals surface area contributed by atoms with E-state index in [0.29, 0.717) is 0 Å². The van der Waals surface area contributed by atoms with Gasteiger partial charge in [-0.05, 0) is 30.2 Å². The van der Waals surface area contributed by atoms with E-state index in [4.69, 9.17) is 10.8 Å². The fourth-order valence-corrected chi connectivity index (χ4v) is 1.41. The van der Waals surface area contributed by atoms with E-state index < -0.39 is 23.8 Å². The first-order valence-electron chi connectivity index (χ1n) is 4.81. The van der Waals surface area contributed by atoms with Crippen LogP contribution in [0.5, 0.6) is 0 Å². The van der Waals surface area contributed by atoms with Crippen molar-refractivity contribution in [2.24, 2.45) is 5.73 Å². The van der Waals surface area contributed by atoms with Crippen molar-refractivity contribution in [2.75, 3.05) is 7.11 Å². The predicted octanol–water partition coefficient (Wildman–Crippen LogP) is 0.567. The maximum Gasteiger partial charge on any atom is 0.335 e. The van der Waals surface area contributed by atoms with Crippen LogP contribution in [0, 0.1) is 5.82 Å². The fourth-order valence-electron chi connectivity index (χ4n) is 1.41. The molecule has 0 heterocycles. The molecule has 0 aliphatic carbocycles. The van der Waals surface area contributed by atoms with E-state index in [2.05, 4.69) is 4.74 Å². The highest BCUT2D eigenvalue weighted by molar-refractivity contribution is 5.89. The molecule has 0 aromatic heterocycles. The van der Waals surface area contributed by atoms with Gasteiger partial charge in [0.2, 0.25) is 0 Å². The van der Waals surface area contributed by atoms with Gasteiger partial charge in [0, 0.05) is 0 Å². The van der Waals surface area contributed by atoms with Crippen molar-refractivity contribution in [3.63, 3.8) is 0 Å². The normalized spacial score (nSPS) is 11.9. The molecule has 0 bridgehead atoms. The van der Waals surface area contributed by atoms with Crippen molar-refractivity contribution in [2.45, 2.75) is 12.5 Å². The van der Waals surface area contributed by atoms with Gasteiger partial charge in [-0.1, -0.05) is 0 Å². The molecule has 1 atom stereocenters. The maximum atomic E-state index is 13.0. The summed E-state index contributed by atoms with van der Waals surface area (Å²) in [5, 5.41) is 8.89. The fraction of sp³-hybridized carbons (Fsp3) is 0.273. The van der Waals surface area contributed by atoms with Gasteiger partial charge in [-0.25, -0.2) is 9.18 Å². The second kappa shape index (κ2) is 5.40. The Morgan fingerprint density at radius 1 is 1.53 bits per heavy atom. The highest BCUT2D eigenvalue weighted by atomic mass is 19.1. The predicted molar refractivity (Wildman–Crippen MR) is 57.1 cm³/mol. The Hall–Kier alpha value is -1.95. The maximum absolute atomic E-state index is 13.0. The van der Waals surface area contributed by atoms with Gasteiger partial charge in [-0.15, -0.1) is 0 Å². The summed E-state index contributed by atoms with van der Waals surface area (Å²) in [7, 11) is 1.17. The zero-order chi connectivity index (χ0) is 13.0. The van der Waals surface area contributed by atoms with Crippen molar-refractivity contribution in [3.05, 3.63) is 35.1 Å². The van der Waals surface area contributed by atoms with Crippen LogP contribution in [0.4, 0.5) is 4.39 Å². The van der Waals surface area contributed by atoms with Crippen LogP contribution >= 0.6 is 0 Å². The minimum atomic E-state index is -1.20. The number of carboxylic acids is 1.